The van der Waals surface area contributed by atoms with Crippen LogP contribution in [-0.4, -0.2) is 55.9 Å². The van der Waals surface area contributed by atoms with E-state index < -0.39 is 0 Å². The van der Waals surface area contributed by atoms with Crippen molar-refractivity contribution in [1.82, 2.24) is 10.2 Å². The molecule has 3 N–H and O–H groups in total. The van der Waals surface area contributed by atoms with Gasteiger partial charge >= 0.3 is 0 Å². The first-order valence-corrected chi connectivity index (χ1v) is 7.56. The van der Waals surface area contributed by atoms with Crippen molar-refractivity contribution in [2.24, 2.45) is 5.73 Å². The molecule has 4 heteroatoms. The Bertz CT molecular complexity index is 308. The van der Waals surface area contributed by atoms with Gasteiger partial charge in [0.25, 0.3) is 0 Å². The summed E-state index contributed by atoms with van der Waals surface area (Å²) in [4.78, 5) is 2.63. The van der Waals surface area contributed by atoms with Crippen molar-refractivity contribution >= 4 is 0 Å². The van der Waals surface area contributed by atoms with Crippen LogP contribution in [-0.2, 0) is 4.74 Å². The molecule has 2 fully saturated rings. The van der Waals surface area contributed by atoms with Crippen LogP contribution in [0.15, 0.2) is 12.2 Å². The lowest BCUT2D eigenvalue weighted by molar-refractivity contribution is 0.0958. The SMILES string of the molecule is C=C(C)COCCNC1(CN)CCN2CCCC2C1. The van der Waals surface area contributed by atoms with Crippen LogP contribution in [0.4, 0.5) is 0 Å². The molecule has 0 aliphatic carbocycles. The topological polar surface area (TPSA) is 50.5 Å². The van der Waals surface area contributed by atoms with Gasteiger partial charge in [0.15, 0.2) is 0 Å². The molecule has 2 unspecified atom stereocenters. The second-order valence-electron chi connectivity index (χ2n) is 6.21. The first-order valence-electron chi connectivity index (χ1n) is 7.56. The number of piperidine rings is 1. The van der Waals surface area contributed by atoms with E-state index in [0.29, 0.717) is 6.61 Å². The third-order valence-electron chi connectivity index (χ3n) is 4.49. The molecule has 2 heterocycles. The minimum atomic E-state index is 0.137. The normalized spacial score (nSPS) is 31.4. The smallest absolute Gasteiger partial charge is 0.0672 e. The number of rotatable bonds is 7. The molecule has 4 nitrogen and oxygen atoms in total. The van der Waals surface area contributed by atoms with Gasteiger partial charge in [0.1, 0.15) is 0 Å². The van der Waals surface area contributed by atoms with Crippen molar-refractivity contribution in [3.05, 3.63) is 12.2 Å². The fraction of sp³-hybridized carbons (Fsp3) is 0.867. The number of nitrogens with one attached hydrogen (secondary N) is 1. The lowest BCUT2D eigenvalue weighted by atomic mass is 9.83. The Labute approximate surface area is 117 Å². The Morgan fingerprint density at radius 1 is 1.53 bits per heavy atom. The Balaban J connectivity index is 1.74. The second-order valence-corrected chi connectivity index (χ2v) is 6.21. The second kappa shape index (κ2) is 6.84. The molecule has 2 atom stereocenters. The van der Waals surface area contributed by atoms with Crippen molar-refractivity contribution in [1.29, 1.82) is 0 Å². The predicted octanol–water partition coefficient (Wildman–Crippen LogP) is 1.12. The summed E-state index contributed by atoms with van der Waals surface area (Å²) >= 11 is 0. The molecular formula is C15H29N3O. The summed E-state index contributed by atoms with van der Waals surface area (Å²) in [5.41, 5.74) is 7.26. The van der Waals surface area contributed by atoms with Crippen LogP contribution >= 0.6 is 0 Å². The molecule has 2 rings (SSSR count). The Morgan fingerprint density at radius 3 is 3.11 bits per heavy atom. The summed E-state index contributed by atoms with van der Waals surface area (Å²) in [6.07, 6.45) is 5.06. The molecule has 0 bridgehead atoms. The molecule has 0 spiro atoms. The number of nitrogens with two attached hydrogens (primary N) is 1. The minimum absolute atomic E-state index is 0.137. The quantitative estimate of drug-likeness (QED) is 0.536. The predicted molar refractivity (Wildman–Crippen MR) is 79.3 cm³/mol. The molecule has 0 radical (unpaired) electrons. The van der Waals surface area contributed by atoms with Gasteiger partial charge in [-0.15, -0.1) is 0 Å². The first kappa shape index (κ1) is 15.0. The summed E-state index contributed by atoms with van der Waals surface area (Å²) in [6.45, 7) is 11.3. The largest absolute Gasteiger partial charge is 0.376 e. The standard InChI is InChI=1S/C15H29N3O/c1-13(2)11-19-9-6-17-15(12-16)5-8-18-7-3-4-14(18)10-15/h14,17H,1,3-12,16H2,2H3. The molecule has 0 aromatic rings. The van der Waals surface area contributed by atoms with E-state index in [9.17, 15) is 0 Å². The number of hydrogen-bond donors (Lipinski definition) is 2. The fourth-order valence-electron chi connectivity index (χ4n) is 3.38. The highest BCUT2D eigenvalue weighted by atomic mass is 16.5. The molecule has 0 aromatic heterocycles. The van der Waals surface area contributed by atoms with E-state index >= 15 is 0 Å². The van der Waals surface area contributed by atoms with Gasteiger partial charge in [-0.2, -0.15) is 0 Å². The summed E-state index contributed by atoms with van der Waals surface area (Å²) in [5, 5.41) is 3.66. The van der Waals surface area contributed by atoms with Crippen molar-refractivity contribution in [3.63, 3.8) is 0 Å². The van der Waals surface area contributed by atoms with Gasteiger partial charge in [0.05, 0.1) is 13.2 Å². The van der Waals surface area contributed by atoms with E-state index in [1.54, 1.807) is 0 Å². The highest BCUT2D eigenvalue weighted by Crippen LogP contribution is 2.32. The number of hydrogen-bond acceptors (Lipinski definition) is 4. The minimum Gasteiger partial charge on any atom is -0.376 e. The van der Waals surface area contributed by atoms with Crippen LogP contribution in [0.2, 0.25) is 0 Å². The van der Waals surface area contributed by atoms with Crippen LogP contribution in [0.3, 0.4) is 0 Å². The van der Waals surface area contributed by atoms with Gasteiger partial charge in [-0.25, -0.2) is 0 Å². The van der Waals surface area contributed by atoms with E-state index in [1.165, 1.54) is 38.8 Å². The maximum atomic E-state index is 6.05. The molecule has 2 saturated heterocycles. The Hall–Kier alpha value is -0.420. The zero-order chi connectivity index (χ0) is 13.7. The maximum absolute atomic E-state index is 6.05. The Morgan fingerprint density at radius 2 is 2.37 bits per heavy atom. The lowest BCUT2D eigenvalue weighted by Crippen LogP contribution is -2.60. The van der Waals surface area contributed by atoms with E-state index in [-0.39, 0.29) is 5.54 Å². The van der Waals surface area contributed by atoms with Crippen molar-refractivity contribution in [3.8, 4) is 0 Å². The highest BCUT2D eigenvalue weighted by molar-refractivity contribution is 5.00. The molecule has 110 valence electrons. The fourth-order valence-corrected chi connectivity index (χ4v) is 3.38. The third kappa shape index (κ3) is 4.02. The number of ether oxygens (including phenoxy) is 1. The van der Waals surface area contributed by atoms with Crippen molar-refractivity contribution in [2.75, 3.05) is 39.4 Å². The van der Waals surface area contributed by atoms with Gasteiger partial charge in [0.2, 0.25) is 0 Å². The lowest BCUT2D eigenvalue weighted by Gasteiger charge is -2.44. The Kier molecular flexibility index (Phi) is 5.39. The third-order valence-corrected chi connectivity index (χ3v) is 4.49. The van der Waals surface area contributed by atoms with Gasteiger partial charge in [-0.3, -0.25) is 0 Å². The van der Waals surface area contributed by atoms with Crippen LogP contribution in [0.5, 0.6) is 0 Å². The van der Waals surface area contributed by atoms with Gasteiger partial charge in [-0.05, 0) is 39.2 Å². The number of fused-ring (bicyclic) bond motifs is 1. The molecule has 0 aromatic carbocycles. The van der Waals surface area contributed by atoms with Crippen LogP contribution < -0.4 is 11.1 Å². The van der Waals surface area contributed by atoms with Crippen LogP contribution in [0, 0.1) is 0 Å². The number of nitrogens with zero attached hydrogens (tertiary/aromatic N) is 1. The van der Waals surface area contributed by atoms with Crippen molar-refractivity contribution in [2.45, 2.75) is 44.2 Å². The van der Waals surface area contributed by atoms with E-state index in [1.807, 2.05) is 6.92 Å². The van der Waals surface area contributed by atoms with Gasteiger partial charge in [-0.1, -0.05) is 12.2 Å². The molecule has 0 amide bonds. The molecule has 2 aliphatic heterocycles. The van der Waals surface area contributed by atoms with Crippen molar-refractivity contribution < 1.29 is 4.74 Å². The van der Waals surface area contributed by atoms with Crippen LogP contribution in [0.1, 0.15) is 32.6 Å². The van der Waals surface area contributed by atoms with E-state index in [4.69, 9.17) is 10.5 Å². The first-order chi connectivity index (χ1) is 9.15. The zero-order valence-corrected chi connectivity index (χ0v) is 12.3. The summed E-state index contributed by atoms with van der Waals surface area (Å²) < 4.78 is 5.55. The van der Waals surface area contributed by atoms with Gasteiger partial charge in [0, 0.05) is 31.2 Å². The van der Waals surface area contributed by atoms with E-state index in [0.717, 1.165) is 31.3 Å². The summed E-state index contributed by atoms with van der Waals surface area (Å²) in [7, 11) is 0. The zero-order valence-electron chi connectivity index (χ0n) is 12.3. The summed E-state index contributed by atoms with van der Waals surface area (Å²) in [6, 6.07) is 0.751. The monoisotopic (exact) mass is 267 g/mol. The average molecular weight is 267 g/mol. The molecule has 2 aliphatic rings. The molecule has 0 saturated carbocycles. The molecule has 19 heavy (non-hydrogen) atoms. The average Bonchev–Trinajstić information content (AvgIpc) is 2.85. The van der Waals surface area contributed by atoms with Gasteiger partial charge < -0.3 is 20.7 Å². The van der Waals surface area contributed by atoms with Crippen LogP contribution in [0.25, 0.3) is 0 Å². The molecular weight excluding hydrogens is 238 g/mol. The maximum Gasteiger partial charge on any atom is 0.0672 e. The highest BCUT2D eigenvalue weighted by Gasteiger charge is 2.40. The summed E-state index contributed by atoms with van der Waals surface area (Å²) in [5.74, 6) is 0. The van der Waals surface area contributed by atoms with E-state index in [2.05, 4.69) is 16.8 Å².